The zero-order valence-electron chi connectivity index (χ0n) is 10.2. The van der Waals surface area contributed by atoms with Crippen LogP contribution in [-0.2, 0) is 4.74 Å². The maximum atomic E-state index is 11.2. The maximum absolute atomic E-state index is 11.2. The summed E-state index contributed by atoms with van der Waals surface area (Å²) in [5, 5.41) is 0. The first kappa shape index (κ1) is 12.4. The average Bonchev–Trinajstić information content (AvgIpc) is 2.25. The van der Waals surface area contributed by atoms with Gasteiger partial charge in [-0.1, -0.05) is 51.1 Å². The molecule has 0 aliphatic carbocycles. The van der Waals surface area contributed by atoms with Gasteiger partial charge < -0.3 is 4.74 Å². The topological polar surface area (TPSA) is 38.7 Å². The number of ether oxygens (including phenoxy) is 1. The SMILES string of the molecule is COC(=O)/N=C(\c1ccccc1)C(C)(C)C. The Hall–Kier alpha value is -1.64. The van der Waals surface area contributed by atoms with Crippen LogP contribution in [0.3, 0.4) is 0 Å². The van der Waals surface area contributed by atoms with Crippen LogP contribution in [0.1, 0.15) is 26.3 Å². The van der Waals surface area contributed by atoms with Gasteiger partial charge in [0.05, 0.1) is 12.8 Å². The van der Waals surface area contributed by atoms with E-state index in [-0.39, 0.29) is 5.41 Å². The maximum Gasteiger partial charge on any atom is 0.433 e. The van der Waals surface area contributed by atoms with Gasteiger partial charge in [0.1, 0.15) is 0 Å². The number of methoxy groups -OCH3 is 1. The molecule has 0 aliphatic rings. The molecule has 0 radical (unpaired) electrons. The Labute approximate surface area is 96.2 Å². The minimum Gasteiger partial charge on any atom is -0.451 e. The molecule has 0 saturated carbocycles. The van der Waals surface area contributed by atoms with E-state index in [1.54, 1.807) is 0 Å². The third kappa shape index (κ3) is 3.19. The quantitative estimate of drug-likeness (QED) is 0.680. The van der Waals surface area contributed by atoms with Crippen LogP contribution in [-0.4, -0.2) is 18.9 Å². The van der Waals surface area contributed by atoms with Crippen molar-refractivity contribution in [2.75, 3.05) is 7.11 Å². The van der Waals surface area contributed by atoms with Crippen molar-refractivity contribution in [1.82, 2.24) is 0 Å². The van der Waals surface area contributed by atoms with Crippen LogP contribution in [0.4, 0.5) is 4.79 Å². The van der Waals surface area contributed by atoms with Gasteiger partial charge in [-0.25, -0.2) is 4.79 Å². The lowest BCUT2D eigenvalue weighted by atomic mass is 9.85. The van der Waals surface area contributed by atoms with Crippen LogP contribution in [0.5, 0.6) is 0 Å². The molecule has 1 amide bonds. The molecule has 3 nitrogen and oxygen atoms in total. The van der Waals surface area contributed by atoms with Crippen molar-refractivity contribution < 1.29 is 9.53 Å². The molecule has 0 bridgehead atoms. The van der Waals surface area contributed by atoms with Crippen molar-refractivity contribution in [3.8, 4) is 0 Å². The molecule has 16 heavy (non-hydrogen) atoms. The van der Waals surface area contributed by atoms with E-state index in [9.17, 15) is 4.79 Å². The highest BCUT2D eigenvalue weighted by molar-refractivity contribution is 6.08. The summed E-state index contributed by atoms with van der Waals surface area (Å²) in [7, 11) is 1.33. The van der Waals surface area contributed by atoms with Crippen molar-refractivity contribution in [2.24, 2.45) is 10.4 Å². The van der Waals surface area contributed by atoms with Crippen molar-refractivity contribution in [2.45, 2.75) is 20.8 Å². The molecular formula is C13H17NO2. The van der Waals surface area contributed by atoms with E-state index in [1.165, 1.54) is 7.11 Å². The molecule has 0 atom stereocenters. The van der Waals surface area contributed by atoms with Crippen LogP contribution < -0.4 is 0 Å². The van der Waals surface area contributed by atoms with Gasteiger partial charge in [-0.3, -0.25) is 0 Å². The lowest BCUT2D eigenvalue weighted by molar-refractivity contribution is 0.182. The standard InChI is InChI=1S/C13H17NO2/c1-13(2,3)11(14-12(15)16-4)10-8-6-5-7-9-10/h5-9H,1-4H3/b14-11+. The molecule has 0 aromatic heterocycles. The molecular weight excluding hydrogens is 202 g/mol. The molecule has 1 aromatic carbocycles. The van der Waals surface area contributed by atoms with Crippen LogP contribution >= 0.6 is 0 Å². The Kier molecular flexibility index (Phi) is 3.82. The summed E-state index contributed by atoms with van der Waals surface area (Å²) in [5.41, 5.74) is 1.48. The highest BCUT2D eigenvalue weighted by atomic mass is 16.5. The van der Waals surface area contributed by atoms with E-state index in [1.807, 2.05) is 51.1 Å². The van der Waals surface area contributed by atoms with Gasteiger partial charge >= 0.3 is 6.09 Å². The van der Waals surface area contributed by atoms with Gasteiger partial charge in [0, 0.05) is 5.41 Å². The zero-order chi connectivity index (χ0) is 12.2. The number of amides is 1. The molecule has 0 unspecified atom stereocenters. The fourth-order valence-corrected chi connectivity index (χ4v) is 1.40. The van der Waals surface area contributed by atoms with E-state index in [0.717, 1.165) is 11.3 Å². The highest BCUT2D eigenvalue weighted by Gasteiger charge is 2.21. The Morgan fingerprint density at radius 2 is 1.75 bits per heavy atom. The fraction of sp³-hybridized carbons (Fsp3) is 0.385. The lowest BCUT2D eigenvalue weighted by Crippen LogP contribution is -2.23. The molecule has 1 aromatic rings. The number of carbonyl (C=O) groups excluding carboxylic acids is 1. The predicted octanol–water partition coefficient (Wildman–Crippen LogP) is 3.29. The highest BCUT2D eigenvalue weighted by Crippen LogP contribution is 2.22. The Bertz CT molecular complexity index is 388. The third-order valence-electron chi connectivity index (χ3n) is 2.14. The molecule has 1 rings (SSSR count). The van der Waals surface area contributed by atoms with Gasteiger partial charge in [0.2, 0.25) is 0 Å². The minimum absolute atomic E-state index is 0.199. The third-order valence-corrected chi connectivity index (χ3v) is 2.14. The summed E-state index contributed by atoms with van der Waals surface area (Å²) < 4.78 is 4.57. The monoisotopic (exact) mass is 219 g/mol. The number of nitrogens with zero attached hydrogens (tertiary/aromatic N) is 1. The Morgan fingerprint density at radius 3 is 2.19 bits per heavy atom. The fourth-order valence-electron chi connectivity index (χ4n) is 1.40. The van der Waals surface area contributed by atoms with Gasteiger partial charge in [-0.15, -0.1) is 0 Å². The number of carbonyl (C=O) groups is 1. The first-order valence-electron chi connectivity index (χ1n) is 5.17. The minimum atomic E-state index is -0.561. The summed E-state index contributed by atoms with van der Waals surface area (Å²) in [6, 6.07) is 9.66. The summed E-state index contributed by atoms with van der Waals surface area (Å²) >= 11 is 0. The molecule has 3 heteroatoms. The number of benzene rings is 1. The smallest absolute Gasteiger partial charge is 0.433 e. The Balaban J connectivity index is 3.18. The van der Waals surface area contributed by atoms with Gasteiger partial charge in [0.25, 0.3) is 0 Å². The van der Waals surface area contributed by atoms with E-state index in [4.69, 9.17) is 0 Å². The second-order valence-corrected chi connectivity index (χ2v) is 4.55. The van der Waals surface area contributed by atoms with Crippen LogP contribution in [0.25, 0.3) is 0 Å². The number of rotatable bonds is 1. The second kappa shape index (κ2) is 4.92. The van der Waals surface area contributed by atoms with E-state index >= 15 is 0 Å². The number of aliphatic imine (C=N–C) groups is 1. The van der Waals surface area contributed by atoms with Crippen molar-refractivity contribution in [3.05, 3.63) is 35.9 Å². The molecule has 0 spiro atoms. The first-order chi connectivity index (χ1) is 7.45. The molecule has 86 valence electrons. The summed E-state index contributed by atoms with van der Waals surface area (Å²) in [6.07, 6.45) is -0.561. The first-order valence-corrected chi connectivity index (χ1v) is 5.17. The largest absolute Gasteiger partial charge is 0.451 e. The van der Waals surface area contributed by atoms with E-state index in [0.29, 0.717) is 0 Å². The number of hydrogen-bond acceptors (Lipinski definition) is 2. The van der Waals surface area contributed by atoms with E-state index in [2.05, 4.69) is 9.73 Å². The average molecular weight is 219 g/mol. The van der Waals surface area contributed by atoms with E-state index < -0.39 is 6.09 Å². The summed E-state index contributed by atoms with van der Waals surface area (Å²) in [4.78, 5) is 15.2. The van der Waals surface area contributed by atoms with Crippen LogP contribution in [0.2, 0.25) is 0 Å². The predicted molar refractivity (Wildman–Crippen MR) is 64.8 cm³/mol. The van der Waals surface area contributed by atoms with Crippen molar-refractivity contribution in [1.29, 1.82) is 0 Å². The second-order valence-electron chi connectivity index (χ2n) is 4.55. The van der Waals surface area contributed by atoms with Crippen molar-refractivity contribution in [3.63, 3.8) is 0 Å². The normalized spacial score (nSPS) is 12.4. The molecule has 0 heterocycles. The Morgan fingerprint density at radius 1 is 1.19 bits per heavy atom. The zero-order valence-corrected chi connectivity index (χ0v) is 10.2. The molecule has 0 fully saturated rings. The van der Waals surface area contributed by atoms with Crippen molar-refractivity contribution >= 4 is 11.8 Å². The van der Waals surface area contributed by atoms with Gasteiger partial charge in [0.15, 0.2) is 0 Å². The molecule has 0 aliphatic heterocycles. The van der Waals surface area contributed by atoms with Gasteiger partial charge in [-0.05, 0) is 5.56 Å². The lowest BCUT2D eigenvalue weighted by Gasteiger charge is -2.21. The number of hydrogen-bond donors (Lipinski definition) is 0. The molecule has 0 saturated heterocycles. The van der Waals surface area contributed by atoms with Crippen LogP contribution in [0.15, 0.2) is 35.3 Å². The summed E-state index contributed by atoms with van der Waals surface area (Å²) in [6.45, 7) is 6.05. The summed E-state index contributed by atoms with van der Waals surface area (Å²) in [5.74, 6) is 0. The van der Waals surface area contributed by atoms with Gasteiger partial charge in [-0.2, -0.15) is 4.99 Å². The molecule has 0 N–H and O–H groups in total. The van der Waals surface area contributed by atoms with Crippen LogP contribution in [0, 0.1) is 5.41 Å².